The number of carbonyl (C=O) groups is 1. The van der Waals surface area contributed by atoms with E-state index in [1.165, 1.54) is 13.3 Å². The minimum Gasteiger partial charge on any atom is -0.489 e. The van der Waals surface area contributed by atoms with E-state index in [4.69, 9.17) is 27.9 Å². The molecule has 0 atom stereocenters. The highest BCUT2D eigenvalue weighted by Crippen LogP contribution is 2.25. The Balaban J connectivity index is 1.94. The van der Waals surface area contributed by atoms with Crippen molar-refractivity contribution in [2.24, 2.45) is 5.10 Å². The molecule has 0 aliphatic rings. The molecule has 0 bridgehead atoms. The number of ether oxygens (including phenoxy) is 2. The van der Waals surface area contributed by atoms with Crippen molar-refractivity contribution in [2.45, 2.75) is 6.61 Å². The lowest BCUT2D eigenvalue weighted by molar-refractivity contribution is 0.171. The number of hydrogen-bond donors (Lipinski definition) is 1. The molecular formula is C16H14Cl2N2O3. The summed E-state index contributed by atoms with van der Waals surface area (Å²) in [4.78, 5) is 10.8. The molecule has 0 radical (unpaired) electrons. The number of methoxy groups -OCH3 is 1. The average Bonchev–Trinajstić information content (AvgIpc) is 2.55. The molecular weight excluding hydrogens is 339 g/mol. The number of amides is 1. The first-order valence-corrected chi connectivity index (χ1v) is 7.38. The molecule has 0 heterocycles. The summed E-state index contributed by atoms with van der Waals surface area (Å²) >= 11 is 12.2. The molecule has 1 N–H and O–H groups in total. The Hall–Kier alpha value is -2.24. The van der Waals surface area contributed by atoms with E-state index in [0.29, 0.717) is 15.8 Å². The van der Waals surface area contributed by atoms with Gasteiger partial charge < -0.3 is 9.47 Å². The summed E-state index contributed by atoms with van der Waals surface area (Å²) in [6.07, 6.45) is 0.865. The van der Waals surface area contributed by atoms with Crippen LogP contribution < -0.4 is 10.2 Å². The Bertz CT molecular complexity index is 683. The summed E-state index contributed by atoms with van der Waals surface area (Å²) < 4.78 is 10.1. The smallest absolute Gasteiger partial charge is 0.427 e. The minimum atomic E-state index is -0.627. The van der Waals surface area contributed by atoms with Crippen molar-refractivity contribution < 1.29 is 14.3 Å². The van der Waals surface area contributed by atoms with Crippen LogP contribution in [0.3, 0.4) is 0 Å². The molecule has 0 spiro atoms. The van der Waals surface area contributed by atoms with Gasteiger partial charge in [-0.15, -0.1) is 0 Å². The number of nitrogens with zero attached hydrogens (tertiary/aromatic N) is 1. The maximum absolute atomic E-state index is 10.8. The van der Waals surface area contributed by atoms with Gasteiger partial charge in [0, 0.05) is 15.6 Å². The van der Waals surface area contributed by atoms with Gasteiger partial charge in [0.1, 0.15) is 12.4 Å². The number of benzene rings is 2. The summed E-state index contributed by atoms with van der Waals surface area (Å²) in [5.41, 5.74) is 3.74. The van der Waals surface area contributed by atoms with Gasteiger partial charge in [-0.2, -0.15) is 5.10 Å². The predicted molar refractivity (Wildman–Crippen MR) is 90.4 cm³/mol. The Morgan fingerprint density at radius 1 is 1.17 bits per heavy atom. The molecule has 2 aromatic carbocycles. The van der Waals surface area contributed by atoms with Gasteiger partial charge in [0.2, 0.25) is 0 Å². The maximum atomic E-state index is 10.8. The Labute approximate surface area is 143 Å². The van der Waals surface area contributed by atoms with Crippen LogP contribution in [0.4, 0.5) is 4.79 Å². The zero-order valence-electron chi connectivity index (χ0n) is 12.3. The Morgan fingerprint density at radius 2 is 1.83 bits per heavy atom. The molecule has 0 fully saturated rings. The van der Waals surface area contributed by atoms with E-state index in [9.17, 15) is 4.79 Å². The van der Waals surface area contributed by atoms with Crippen molar-refractivity contribution >= 4 is 35.5 Å². The quantitative estimate of drug-likeness (QED) is 0.645. The van der Waals surface area contributed by atoms with Gasteiger partial charge in [-0.3, -0.25) is 0 Å². The lowest BCUT2D eigenvalue weighted by Gasteiger charge is -2.09. The van der Waals surface area contributed by atoms with Crippen molar-refractivity contribution in [1.82, 2.24) is 5.43 Å². The van der Waals surface area contributed by atoms with Crippen LogP contribution in [0.15, 0.2) is 47.6 Å². The van der Waals surface area contributed by atoms with Crippen LogP contribution in [-0.4, -0.2) is 19.4 Å². The summed E-state index contributed by atoms with van der Waals surface area (Å²) in [7, 11) is 1.27. The molecule has 5 nitrogen and oxygen atoms in total. The molecule has 0 saturated heterocycles. The molecule has 0 saturated carbocycles. The number of hydrazone groups is 1. The fourth-order valence-electron chi connectivity index (χ4n) is 1.68. The molecule has 2 rings (SSSR count). The molecule has 23 heavy (non-hydrogen) atoms. The average molecular weight is 353 g/mol. The molecule has 0 aliphatic heterocycles. The summed E-state index contributed by atoms with van der Waals surface area (Å²) in [6.45, 7) is 0.274. The first kappa shape index (κ1) is 17.1. The third-order valence-corrected chi connectivity index (χ3v) is 3.59. The van der Waals surface area contributed by atoms with Gasteiger partial charge in [0.15, 0.2) is 0 Å². The van der Waals surface area contributed by atoms with Crippen LogP contribution in [0.1, 0.15) is 11.1 Å². The fourth-order valence-corrected chi connectivity index (χ4v) is 2.19. The zero-order valence-corrected chi connectivity index (χ0v) is 13.8. The number of rotatable bonds is 5. The van der Waals surface area contributed by atoms with Gasteiger partial charge in [0.05, 0.1) is 13.3 Å². The van der Waals surface area contributed by atoms with Crippen molar-refractivity contribution in [3.63, 3.8) is 0 Å². The van der Waals surface area contributed by atoms with Crippen molar-refractivity contribution in [2.75, 3.05) is 7.11 Å². The Morgan fingerprint density at radius 3 is 2.43 bits per heavy atom. The second-order valence-corrected chi connectivity index (χ2v) is 5.23. The van der Waals surface area contributed by atoms with Crippen molar-refractivity contribution in [1.29, 1.82) is 0 Å². The van der Waals surface area contributed by atoms with E-state index in [1.807, 2.05) is 0 Å². The van der Waals surface area contributed by atoms with E-state index in [0.717, 1.165) is 11.1 Å². The van der Waals surface area contributed by atoms with E-state index in [1.54, 1.807) is 42.5 Å². The highest BCUT2D eigenvalue weighted by Gasteiger charge is 2.06. The van der Waals surface area contributed by atoms with E-state index in [2.05, 4.69) is 15.3 Å². The number of carbonyl (C=O) groups excluding carboxylic acids is 1. The van der Waals surface area contributed by atoms with Gasteiger partial charge >= 0.3 is 6.09 Å². The van der Waals surface area contributed by atoms with Crippen LogP contribution >= 0.6 is 23.2 Å². The summed E-state index contributed by atoms with van der Waals surface area (Å²) in [5, 5.41) is 4.86. The second kappa shape index (κ2) is 8.41. The van der Waals surface area contributed by atoms with Crippen molar-refractivity contribution in [3.05, 3.63) is 63.6 Å². The SMILES string of the molecule is COC(=O)NN=Cc1ccc(OCc2c(Cl)cccc2Cl)cc1. The lowest BCUT2D eigenvalue weighted by atomic mass is 10.2. The number of halogens is 2. The number of nitrogens with one attached hydrogen (secondary N) is 1. The third-order valence-electron chi connectivity index (χ3n) is 2.88. The third kappa shape index (κ3) is 5.16. The normalized spacial score (nSPS) is 10.6. The van der Waals surface area contributed by atoms with Crippen molar-refractivity contribution in [3.8, 4) is 5.75 Å². The van der Waals surface area contributed by atoms with Gasteiger partial charge in [-0.1, -0.05) is 29.3 Å². The van der Waals surface area contributed by atoms with Gasteiger partial charge in [-0.25, -0.2) is 10.2 Å². The van der Waals surface area contributed by atoms with Gasteiger partial charge in [0.25, 0.3) is 0 Å². The van der Waals surface area contributed by atoms with Crippen LogP contribution in [0.2, 0.25) is 10.0 Å². The zero-order chi connectivity index (χ0) is 16.7. The van der Waals surface area contributed by atoms with Crippen LogP contribution in [0, 0.1) is 0 Å². The van der Waals surface area contributed by atoms with Crippen LogP contribution in [-0.2, 0) is 11.3 Å². The molecule has 2 aromatic rings. The molecule has 7 heteroatoms. The highest BCUT2D eigenvalue weighted by molar-refractivity contribution is 6.35. The highest BCUT2D eigenvalue weighted by atomic mass is 35.5. The topological polar surface area (TPSA) is 59.9 Å². The first-order valence-electron chi connectivity index (χ1n) is 6.63. The molecule has 1 amide bonds. The minimum absolute atomic E-state index is 0.274. The number of hydrogen-bond acceptors (Lipinski definition) is 4. The van der Waals surface area contributed by atoms with Crippen LogP contribution in [0.25, 0.3) is 0 Å². The maximum Gasteiger partial charge on any atom is 0.427 e. The second-order valence-electron chi connectivity index (χ2n) is 4.42. The molecule has 0 unspecified atom stereocenters. The fraction of sp³-hybridized carbons (Fsp3) is 0.125. The molecule has 120 valence electrons. The van der Waals surface area contributed by atoms with Gasteiger partial charge in [-0.05, 0) is 42.0 Å². The molecule has 0 aliphatic carbocycles. The standard InChI is InChI=1S/C16H14Cl2N2O3/c1-22-16(21)20-19-9-11-5-7-12(8-6-11)23-10-13-14(17)3-2-4-15(13)18/h2-9H,10H2,1H3,(H,20,21). The van der Waals surface area contributed by atoms with E-state index < -0.39 is 6.09 Å². The first-order chi connectivity index (χ1) is 11.1. The van der Waals surface area contributed by atoms with E-state index in [-0.39, 0.29) is 6.61 Å². The summed E-state index contributed by atoms with van der Waals surface area (Å²) in [6, 6.07) is 12.5. The predicted octanol–water partition coefficient (Wildman–Crippen LogP) is 4.26. The lowest BCUT2D eigenvalue weighted by Crippen LogP contribution is -2.16. The monoisotopic (exact) mass is 352 g/mol. The molecule has 0 aromatic heterocycles. The Kier molecular flexibility index (Phi) is 6.26. The summed E-state index contributed by atoms with van der Waals surface area (Å²) in [5.74, 6) is 0.666. The van der Waals surface area contributed by atoms with Crippen LogP contribution in [0.5, 0.6) is 5.75 Å². The van der Waals surface area contributed by atoms with E-state index >= 15 is 0 Å². The largest absolute Gasteiger partial charge is 0.489 e.